The molecule has 1 unspecified atom stereocenters. The summed E-state index contributed by atoms with van der Waals surface area (Å²) in [6, 6.07) is 4.29. The summed E-state index contributed by atoms with van der Waals surface area (Å²) in [4.78, 5) is 15.0. The van der Waals surface area contributed by atoms with Crippen LogP contribution in [0.5, 0.6) is 0 Å². The van der Waals surface area contributed by atoms with Crippen LogP contribution in [0.4, 0.5) is 0 Å². The molecule has 1 aliphatic carbocycles. The van der Waals surface area contributed by atoms with Gasteiger partial charge in [0, 0.05) is 18.3 Å². The van der Waals surface area contributed by atoms with Crippen LogP contribution >= 0.6 is 0 Å². The van der Waals surface area contributed by atoms with Crippen LogP contribution in [0, 0.1) is 5.92 Å². The molecule has 0 aliphatic heterocycles. The fraction of sp³-hybridized carbons (Fsp3) is 0.500. The van der Waals surface area contributed by atoms with Gasteiger partial charge in [0.1, 0.15) is 6.04 Å². The molecule has 0 aromatic carbocycles. The van der Waals surface area contributed by atoms with Gasteiger partial charge in [-0.05, 0) is 30.9 Å². The minimum Gasteiger partial charge on any atom is -0.480 e. The van der Waals surface area contributed by atoms with Crippen molar-refractivity contribution in [2.75, 3.05) is 5.75 Å². The van der Waals surface area contributed by atoms with Crippen molar-refractivity contribution in [1.82, 2.24) is 9.71 Å². The van der Waals surface area contributed by atoms with Gasteiger partial charge in [-0.3, -0.25) is 9.78 Å². The Morgan fingerprint density at radius 3 is 2.74 bits per heavy atom. The number of rotatable bonds is 7. The summed E-state index contributed by atoms with van der Waals surface area (Å²) in [5.41, 5.74) is 0.672. The van der Waals surface area contributed by atoms with Crippen LogP contribution in [0.2, 0.25) is 0 Å². The van der Waals surface area contributed by atoms with Crippen LogP contribution in [-0.4, -0.2) is 36.3 Å². The van der Waals surface area contributed by atoms with E-state index in [1.807, 2.05) is 0 Å². The van der Waals surface area contributed by atoms with E-state index in [0.29, 0.717) is 5.69 Å². The second-order valence-corrected chi connectivity index (χ2v) is 6.53. The van der Waals surface area contributed by atoms with Crippen molar-refractivity contribution in [2.45, 2.75) is 25.3 Å². The molecule has 2 rings (SSSR count). The maximum atomic E-state index is 11.8. The van der Waals surface area contributed by atoms with Crippen molar-refractivity contribution in [3.8, 4) is 0 Å². The molecule has 1 aliphatic rings. The van der Waals surface area contributed by atoms with Crippen LogP contribution in [0.3, 0.4) is 0 Å². The van der Waals surface area contributed by atoms with E-state index >= 15 is 0 Å². The maximum Gasteiger partial charge on any atom is 0.322 e. The first-order valence-electron chi connectivity index (χ1n) is 6.11. The van der Waals surface area contributed by atoms with Crippen molar-refractivity contribution in [3.63, 3.8) is 0 Å². The average molecular weight is 284 g/mol. The van der Waals surface area contributed by atoms with Gasteiger partial charge in [0.15, 0.2) is 0 Å². The van der Waals surface area contributed by atoms with E-state index in [0.717, 1.165) is 12.8 Å². The van der Waals surface area contributed by atoms with E-state index in [9.17, 15) is 13.2 Å². The number of aliphatic carboxylic acids is 1. The highest BCUT2D eigenvalue weighted by Gasteiger charge is 2.38. The number of hydrogen-bond donors (Lipinski definition) is 2. The minimum atomic E-state index is -3.60. The van der Waals surface area contributed by atoms with Crippen LogP contribution in [0.25, 0.3) is 0 Å². The molecule has 0 saturated heterocycles. The zero-order chi connectivity index (χ0) is 13.9. The summed E-state index contributed by atoms with van der Waals surface area (Å²) in [6.45, 7) is 0. The molecule has 1 atom stereocenters. The van der Waals surface area contributed by atoms with E-state index in [-0.39, 0.29) is 18.1 Å². The first-order valence-corrected chi connectivity index (χ1v) is 7.76. The van der Waals surface area contributed by atoms with Gasteiger partial charge in [-0.15, -0.1) is 0 Å². The first kappa shape index (κ1) is 14.0. The molecule has 0 amide bonds. The summed E-state index contributed by atoms with van der Waals surface area (Å²) in [5, 5.41) is 8.99. The van der Waals surface area contributed by atoms with Crippen LogP contribution in [0.1, 0.15) is 18.5 Å². The number of aryl methyl sites for hydroxylation is 1. The van der Waals surface area contributed by atoms with Crippen LogP contribution < -0.4 is 4.72 Å². The van der Waals surface area contributed by atoms with E-state index in [1.165, 1.54) is 0 Å². The molecule has 1 saturated carbocycles. The zero-order valence-electron chi connectivity index (χ0n) is 10.3. The lowest BCUT2D eigenvalue weighted by molar-refractivity contribution is -0.139. The van der Waals surface area contributed by atoms with Gasteiger partial charge < -0.3 is 5.11 Å². The third-order valence-corrected chi connectivity index (χ3v) is 4.37. The van der Waals surface area contributed by atoms with E-state index < -0.39 is 22.0 Å². The lowest BCUT2D eigenvalue weighted by atomic mass is 10.2. The molecule has 2 N–H and O–H groups in total. The molecule has 1 aromatic heterocycles. The summed E-state index contributed by atoms with van der Waals surface area (Å²) >= 11 is 0. The normalized spacial score (nSPS) is 17.1. The highest BCUT2D eigenvalue weighted by Crippen LogP contribution is 2.33. The molecular weight excluding hydrogens is 268 g/mol. The van der Waals surface area contributed by atoms with Crippen molar-refractivity contribution in [2.24, 2.45) is 5.92 Å². The number of aromatic nitrogens is 1. The Morgan fingerprint density at radius 1 is 1.47 bits per heavy atom. The molecule has 1 heterocycles. The van der Waals surface area contributed by atoms with Gasteiger partial charge in [0.2, 0.25) is 10.0 Å². The molecule has 0 radical (unpaired) electrons. The van der Waals surface area contributed by atoms with Crippen LogP contribution in [-0.2, 0) is 21.2 Å². The van der Waals surface area contributed by atoms with Gasteiger partial charge in [-0.1, -0.05) is 6.07 Å². The highest BCUT2D eigenvalue weighted by atomic mass is 32.2. The second-order valence-electron chi connectivity index (χ2n) is 4.66. The Morgan fingerprint density at radius 2 is 2.21 bits per heavy atom. The number of carbonyl (C=O) groups is 1. The largest absolute Gasteiger partial charge is 0.480 e. The Balaban J connectivity index is 1.93. The van der Waals surface area contributed by atoms with Crippen molar-refractivity contribution >= 4 is 16.0 Å². The molecule has 104 valence electrons. The predicted octanol–water partition coefficient (Wildman–Crippen LogP) is 0.407. The Labute approximate surface area is 111 Å². The van der Waals surface area contributed by atoms with Crippen molar-refractivity contribution in [1.29, 1.82) is 0 Å². The lowest BCUT2D eigenvalue weighted by Crippen LogP contribution is -2.43. The van der Waals surface area contributed by atoms with Gasteiger partial charge >= 0.3 is 5.97 Å². The fourth-order valence-corrected chi connectivity index (χ4v) is 3.09. The van der Waals surface area contributed by atoms with Gasteiger partial charge in [-0.25, -0.2) is 13.1 Å². The van der Waals surface area contributed by atoms with Crippen molar-refractivity contribution < 1.29 is 18.3 Å². The Bertz CT molecular complexity index is 540. The van der Waals surface area contributed by atoms with Gasteiger partial charge in [-0.2, -0.15) is 0 Å². The number of nitrogens with one attached hydrogen (secondary N) is 1. The molecule has 1 fully saturated rings. The van der Waals surface area contributed by atoms with E-state index in [1.54, 1.807) is 24.4 Å². The summed E-state index contributed by atoms with van der Waals surface area (Å²) in [6.07, 6.45) is 3.40. The molecule has 1 aromatic rings. The monoisotopic (exact) mass is 284 g/mol. The number of carboxylic acid groups (broad SMARTS) is 1. The van der Waals surface area contributed by atoms with E-state index in [2.05, 4.69) is 9.71 Å². The number of nitrogens with zero attached hydrogens (tertiary/aromatic N) is 1. The molecule has 0 spiro atoms. The average Bonchev–Trinajstić information content (AvgIpc) is 3.19. The molecule has 0 bridgehead atoms. The number of pyridine rings is 1. The Hall–Kier alpha value is -1.47. The standard InChI is InChI=1S/C12H16N2O4S/c15-12(16)11(9-4-5-9)14-19(17,18)8-6-10-3-1-2-7-13-10/h1-3,7,9,11,14H,4-6,8H2,(H,15,16). The predicted molar refractivity (Wildman–Crippen MR) is 69.0 cm³/mol. The van der Waals surface area contributed by atoms with Gasteiger partial charge in [0.05, 0.1) is 5.75 Å². The highest BCUT2D eigenvalue weighted by molar-refractivity contribution is 7.89. The Kier molecular flexibility index (Phi) is 4.16. The molecule has 6 nitrogen and oxygen atoms in total. The number of carboxylic acids is 1. The van der Waals surface area contributed by atoms with E-state index in [4.69, 9.17) is 5.11 Å². The number of sulfonamides is 1. The molecule has 7 heteroatoms. The lowest BCUT2D eigenvalue weighted by Gasteiger charge is -2.13. The summed E-state index contributed by atoms with van der Waals surface area (Å²) < 4.78 is 26.0. The smallest absolute Gasteiger partial charge is 0.322 e. The topological polar surface area (TPSA) is 96.4 Å². The molecule has 19 heavy (non-hydrogen) atoms. The zero-order valence-corrected chi connectivity index (χ0v) is 11.1. The molecular formula is C12H16N2O4S. The third kappa shape index (κ3) is 4.29. The second kappa shape index (κ2) is 5.66. The summed E-state index contributed by atoms with van der Waals surface area (Å²) in [5.74, 6) is -1.33. The summed E-state index contributed by atoms with van der Waals surface area (Å²) in [7, 11) is -3.60. The quantitative estimate of drug-likeness (QED) is 0.756. The maximum absolute atomic E-state index is 11.8. The first-order chi connectivity index (χ1) is 8.98. The number of hydrogen-bond acceptors (Lipinski definition) is 4. The third-order valence-electron chi connectivity index (χ3n) is 3.02. The van der Waals surface area contributed by atoms with Crippen LogP contribution in [0.15, 0.2) is 24.4 Å². The minimum absolute atomic E-state index is 0.0675. The SMILES string of the molecule is O=C(O)C(NS(=O)(=O)CCc1ccccn1)C1CC1. The van der Waals surface area contributed by atoms with Crippen molar-refractivity contribution in [3.05, 3.63) is 30.1 Å². The van der Waals surface area contributed by atoms with Gasteiger partial charge in [0.25, 0.3) is 0 Å². The fourth-order valence-electron chi connectivity index (χ4n) is 1.82.